The molecular formula is C49H56N8O7. The van der Waals surface area contributed by atoms with Crippen molar-refractivity contribution in [3.05, 3.63) is 102 Å². The van der Waals surface area contributed by atoms with Crippen LogP contribution in [0.5, 0.6) is 5.75 Å². The monoisotopic (exact) mass is 868 g/mol. The summed E-state index contributed by atoms with van der Waals surface area (Å²) < 4.78 is 21.9. The Hall–Kier alpha value is -6.45. The molecule has 0 bridgehead atoms. The predicted octanol–water partition coefficient (Wildman–Crippen LogP) is 8.20. The number of H-pyrrole nitrogens is 2. The number of methoxy groups -OCH3 is 3. The minimum Gasteiger partial charge on any atom is -0.488 e. The largest absolute Gasteiger partial charge is 0.488 e. The number of imidazole rings is 2. The maximum atomic E-state index is 14.4. The van der Waals surface area contributed by atoms with E-state index in [1.54, 1.807) is 12.0 Å². The second-order valence-electron chi connectivity index (χ2n) is 17.7. The first-order valence-electron chi connectivity index (χ1n) is 22.1. The van der Waals surface area contributed by atoms with Gasteiger partial charge in [0, 0.05) is 49.2 Å². The number of fused-ring (bicyclic) bond motifs is 6. The molecule has 0 unspecified atom stereocenters. The number of benzene rings is 4. The molecule has 3 aliphatic rings. The minimum atomic E-state index is -0.943. The second kappa shape index (κ2) is 18.0. The molecule has 3 aliphatic heterocycles. The number of carbonyl (C=O) groups excluding carboxylic acids is 3. The maximum absolute atomic E-state index is 14.4. The summed E-state index contributed by atoms with van der Waals surface area (Å²) in [4.78, 5) is 60.5. The molecule has 15 nitrogen and oxygen atoms in total. The van der Waals surface area contributed by atoms with E-state index in [1.807, 2.05) is 42.6 Å². The summed E-state index contributed by atoms with van der Waals surface area (Å²) in [7, 11) is 4.35. The molecule has 4 aromatic carbocycles. The Morgan fingerprint density at radius 2 is 1.69 bits per heavy atom. The van der Waals surface area contributed by atoms with Crippen LogP contribution in [-0.2, 0) is 25.6 Å². The molecule has 0 aliphatic carbocycles. The molecule has 0 radical (unpaired) electrons. The van der Waals surface area contributed by atoms with Crippen molar-refractivity contribution in [3.63, 3.8) is 0 Å². The van der Waals surface area contributed by atoms with E-state index in [2.05, 4.69) is 82.7 Å². The van der Waals surface area contributed by atoms with Crippen molar-refractivity contribution in [1.29, 1.82) is 0 Å². The molecule has 9 rings (SSSR count). The van der Waals surface area contributed by atoms with Gasteiger partial charge in [-0.1, -0.05) is 62.4 Å². The van der Waals surface area contributed by atoms with Gasteiger partial charge in [0.25, 0.3) is 5.91 Å². The number of aromatic amines is 2. The molecule has 0 saturated carbocycles. The fourth-order valence-corrected chi connectivity index (χ4v) is 9.84. The maximum Gasteiger partial charge on any atom is 0.407 e. The summed E-state index contributed by atoms with van der Waals surface area (Å²) in [5.41, 5.74) is 7.48. The topological polar surface area (TPSA) is 176 Å². The third-order valence-electron chi connectivity index (χ3n) is 13.3. The molecule has 4 N–H and O–H groups in total. The summed E-state index contributed by atoms with van der Waals surface area (Å²) in [5.74, 6) is 2.43. The van der Waals surface area contributed by atoms with Crippen LogP contribution in [0.1, 0.15) is 80.9 Å². The highest BCUT2D eigenvalue weighted by Crippen LogP contribution is 2.44. The fourth-order valence-electron chi connectivity index (χ4n) is 9.84. The van der Waals surface area contributed by atoms with Gasteiger partial charge in [-0.3, -0.25) is 9.69 Å². The highest BCUT2D eigenvalue weighted by molar-refractivity contribution is 6.07. The molecule has 6 aromatic rings. The zero-order valence-corrected chi connectivity index (χ0v) is 37.1. The number of hydrogen-bond donors (Lipinski definition) is 4. The Balaban J connectivity index is 0.975. The lowest BCUT2D eigenvalue weighted by molar-refractivity contribution is -0.134. The first kappa shape index (κ1) is 42.8. The molecule has 2 aromatic heterocycles. The number of alkyl carbamates (subject to hydrolysis) is 2. The van der Waals surface area contributed by atoms with Crippen LogP contribution in [0.3, 0.4) is 0 Å². The lowest BCUT2D eigenvalue weighted by atomic mass is 9.92. The number of nitrogens with zero attached hydrogens (tertiary/aromatic N) is 4. The van der Waals surface area contributed by atoms with Gasteiger partial charge in [0.15, 0.2) is 0 Å². The van der Waals surface area contributed by atoms with Crippen molar-refractivity contribution in [3.8, 4) is 28.1 Å². The van der Waals surface area contributed by atoms with Crippen molar-refractivity contribution in [2.45, 2.75) is 76.8 Å². The Kier molecular flexibility index (Phi) is 12.0. The highest BCUT2D eigenvalue weighted by Gasteiger charge is 2.42. The fraction of sp³-hybridized carbons (Fsp3) is 0.408. The van der Waals surface area contributed by atoms with E-state index in [0.717, 1.165) is 74.2 Å². The van der Waals surface area contributed by atoms with Gasteiger partial charge in [0.1, 0.15) is 30.0 Å². The van der Waals surface area contributed by atoms with E-state index in [-0.39, 0.29) is 35.9 Å². The summed E-state index contributed by atoms with van der Waals surface area (Å²) in [6.45, 7) is 8.50. The van der Waals surface area contributed by atoms with E-state index in [1.165, 1.54) is 14.2 Å². The van der Waals surface area contributed by atoms with Crippen molar-refractivity contribution in [2.24, 2.45) is 11.8 Å². The van der Waals surface area contributed by atoms with Gasteiger partial charge < -0.3 is 44.4 Å². The molecule has 6 atom stereocenters. The molecular weight excluding hydrogens is 813 g/mol. The number of ether oxygens (including phenoxy) is 4. The van der Waals surface area contributed by atoms with E-state index < -0.39 is 18.2 Å². The number of carbonyl (C=O) groups is 3. The van der Waals surface area contributed by atoms with Gasteiger partial charge >= 0.3 is 12.2 Å². The number of likely N-dealkylation sites (tertiary alicyclic amines) is 2. The Morgan fingerprint density at radius 3 is 2.45 bits per heavy atom. The van der Waals surface area contributed by atoms with E-state index in [0.29, 0.717) is 50.2 Å². The summed E-state index contributed by atoms with van der Waals surface area (Å²) >= 11 is 0. The van der Waals surface area contributed by atoms with Crippen LogP contribution in [0.25, 0.3) is 44.2 Å². The minimum absolute atomic E-state index is 0.0549. The van der Waals surface area contributed by atoms with E-state index in [4.69, 9.17) is 28.9 Å². The third-order valence-corrected chi connectivity index (χ3v) is 13.3. The predicted molar refractivity (Wildman–Crippen MR) is 242 cm³/mol. The van der Waals surface area contributed by atoms with Crippen LogP contribution in [0, 0.1) is 11.8 Å². The lowest BCUT2D eigenvalue weighted by Crippen LogP contribution is -2.48. The van der Waals surface area contributed by atoms with Crippen LogP contribution in [0.2, 0.25) is 0 Å². The average molecular weight is 869 g/mol. The molecule has 0 spiro atoms. The molecule has 64 heavy (non-hydrogen) atoms. The summed E-state index contributed by atoms with van der Waals surface area (Å²) in [6.07, 6.45) is 3.48. The van der Waals surface area contributed by atoms with Crippen LogP contribution in [0.4, 0.5) is 9.59 Å². The molecule has 334 valence electrons. The Labute approximate surface area is 372 Å². The summed E-state index contributed by atoms with van der Waals surface area (Å²) in [5, 5.41) is 7.74. The lowest BCUT2D eigenvalue weighted by Gasteiger charge is -2.33. The van der Waals surface area contributed by atoms with E-state index in [9.17, 15) is 14.4 Å². The van der Waals surface area contributed by atoms with E-state index >= 15 is 0 Å². The number of amides is 3. The SMILES string of the molecule is COC[C@H]1C[C@@H](c2nc3c(ccc4cc5c(cc43)OCc3cc(-c4cnc([C@@H]6CC[C@H](C)N6C[C@@H](NC(=O)OC)C(C)C)[nH]4)ccc3-5)[nH]2)N(C(=O)[C@H](NC(=O)OC)c2ccccc2)C1. The third kappa shape index (κ3) is 8.25. The summed E-state index contributed by atoms with van der Waals surface area (Å²) in [6, 6.07) is 23.1. The van der Waals surface area contributed by atoms with Crippen LogP contribution in [-0.4, -0.2) is 101 Å². The quantitative estimate of drug-likeness (QED) is 0.0938. The molecule has 15 heteroatoms. The smallest absolute Gasteiger partial charge is 0.407 e. The molecule has 5 heterocycles. The standard InChI is InChI=1S/C49H56N8O7/c1-27(2)39(53-48(59)62-5)24-56-28(3)12-17-40(56)45-50-22-38(52-45)32-13-15-34-33(19-32)26-64-42-21-35-31(20-36(34)42)14-16-37-44(35)54-46(51-37)41-18-29(25-61-4)23-57(41)47(58)43(55-49(60)63-6)30-10-8-7-9-11-30/h7-11,13-16,19-22,27-29,39-41,43H,12,17-18,23-26H2,1-6H3,(H,50,52)(H,51,54)(H,53,59)(H,55,60)/t28-,29-,39+,40-,41-,43+/m0/s1. The van der Waals surface area contributed by atoms with Gasteiger partial charge in [-0.05, 0) is 84.0 Å². The zero-order chi connectivity index (χ0) is 44.6. The highest BCUT2D eigenvalue weighted by atomic mass is 16.5. The van der Waals surface area contributed by atoms with Gasteiger partial charge in [-0.25, -0.2) is 19.6 Å². The first-order chi connectivity index (χ1) is 31.0. The van der Waals surface area contributed by atoms with Crippen molar-refractivity contribution in [1.82, 2.24) is 40.4 Å². The average Bonchev–Trinajstić information content (AvgIpc) is 4.13. The zero-order valence-electron chi connectivity index (χ0n) is 37.1. The van der Waals surface area contributed by atoms with Crippen molar-refractivity contribution in [2.75, 3.05) is 41.0 Å². The van der Waals surface area contributed by atoms with Gasteiger partial charge in [0.2, 0.25) is 0 Å². The van der Waals surface area contributed by atoms with Crippen molar-refractivity contribution >= 4 is 39.9 Å². The number of aromatic nitrogens is 4. The second-order valence-corrected chi connectivity index (χ2v) is 17.7. The van der Waals surface area contributed by atoms with Crippen LogP contribution < -0.4 is 15.4 Å². The van der Waals surface area contributed by atoms with Gasteiger partial charge in [0.05, 0.1) is 55.8 Å². The number of hydrogen-bond acceptors (Lipinski definition) is 10. The normalized spacial score (nSPS) is 20.5. The number of rotatable bonds is 12. The first-order valence-corrected chi connectivity index (χ1v) is 22.1. The molecule has 2 saturated heterocycles. The Bertz CT molecular complexity index is 2680. The Morgan fingerprint density at radius 1 is 0.891 bits per heavy atom. The molecule has 2 fully saturated rings. The van der Waals surface area contributed by atoms with Crippen LogP contribution in [0.15, 0.2) is 79.0 Å². The van der Waals surface area contributed by atoms with Crippen LogP contribution >= 0.6 is 0 Å². The van der Waals surface area contributed by atoms with Gasteiger partial charge in [-0.2, -0.15) is 0 Å². The van der Waals surface area contributed by atoms with Gasteiger partial charge in [-0.15, -0.1) is 0 Å². The number of nitrogens with one attached hydrogen (secondary N) is 4. The molecule has 3 amide bonds. The van der Waals surface area contributed by atoms with Crippen molar-refractivity contribution < 1.29 is 33.3 Å².